The van der Waals surface area contributed by atoms with Crippen molar-refractivity contribution in [3.8, 4) is 0 Å². The molecule has 7 heteroatoms. The van der Waals surface area contributed by atoms with Gasteiger partial charge in [-0.05, 0) is 6.04 Å². The lowest BCUT2D eigenvalue weighted by molar-refractivity contribution is -0.765. The Morgan fingerprint density at radius 1 is 1.56 bits per heavy atom. The highest BCUT2D eigenvalue weighted by atomic mass is 16.6. The summed E-state index contributed by atoms with van der Waals surface area (Å²) in [5, 5.41) is 28.7. The first kappa shape index (κ1) is 8.54. The zero-order valence-corrected chi connectivity index (χ0v) is 9.20. The highest BCUT2D eigenvalue weighted by molar-refractivity contribution is 5.92. The molecule has 5 N–H and O–H groups in total. The maximum Gasteiger partial charge on any atom is 0.292 e. The predicted molar refractivity (Wildman–Crippen MR) is 58.2 cm³/mol. The molecule has 18 heavy (non-hydrogen) atoms. The van der Waals surface area contributed by atoms with Gasteiger partial charge in [0, 0.05) is 6.04 Å². The van der Waals surface area contributed by atoms with E-state index in [-0.39, 0.29) is 0 Å². The number of aliphatic hydroxyl groups is 3. The van der Waals surface area contributed by atoms with E-state index < -0.39 is 67.0 Å². The maximum atomic E-state index is 11.4. The number of ether oxygens (including phenoxy) is 1. The third-order valence-corrected chi connectivity index (χ3v) is 2.61. The van der Waals surface area contributed by atoms with Gasteiger partial charge in [0.2, 0.25) is 0 Å². The number of carbonyl (C=O) groups is 1. The molecule has 1 aliphatic rings. The van der Waals surface area contributed by atoms with Crippen molar-refractivity contribution in [1.82, 2.24) is 0 Å². The molecule has 0 aromatic carbocycles. The number of hydrogen-bond acceptors (Lipinski definition) is 5. The van der Waals surface area contributed by atoms with Crippen molar-refractivity contribution in [3.05, 3.63) is 30.0 Å². The van der Waals surface area contributed by atoms with Crippen LogP contribution < -0.4 is 10.3 Å². The van der Waals surface area contributed by atoms with Gasteiger partial charge in [0.25, 0.3) is 12.1 Å². The summed E-state index contributed by atoms with van der Waals surface area (Å²) >= 11 is 0. The number of nitrogens with zero attached hydrogens (tertiary/aromatic N) is 1. The molecule has 7 nitrogen and oxygen atoms in total. The Kier molecular flexibility index (Phi) is 2.37. The summed E-state index contributed by atoms with van der Waals surface area (Å²) in [6.07, 6.45) is -7.01. The van der Waals surface area contributed by atoms with Crippen LogP contribution in [0.25, 0.3) is 0 Å². The smallest absolute Gasteiger partial charge is 0.292 e. The van der Waals surface area contributed by atoms with Gasteiger partial charge in [-0.25, -0.2) is 0 Å². The number of rotatable bonds is 3. The molecule has 1 saturated heterocycles. The quantitative estimate of drug-likeness (QED) is 0.455. The second-order valence-corrected chi connectivity index (χ2v) is 3.81. The third kappa shape index (κ3) is 2.21. The Labute approximate surface area is 109 Å². The minimum Gasteiger partial charge on any atom is -0.394 e. The van der Waals surface area contributed by atoms with Crippen LogP contribution in [0, 0.1) is 0 Å². The summed E-state index contributed by atoms with van der Waals surface area (Å²) in [5.74, 6) is -1.14. The molecule has 1 aromatic rings. The summed E-state index contributed by atoms with van der Waals surface area (Å²) < 4.78 is 36.8. The minimum absolute atomic E-state index is 0.598. The summed E-state index contributed by atoms with van der Waals surface area (Å²) in [6, 6.07) is -1.35. The SMILES string of the molecule is [2H]c1c([2H])c([2H])[n+]([C@@H]2O[C@H](CO)[C@@H](O)[C@H]2O)c([2H])c1C(N)=O. The number of carbonyl (C=O) groups excluding carboxylic acids is 1. The number of amides is 1. The van der Waals surface area contributed by atoms with E-state index in [2.05, 4.69) is 0 Å². The highest BCUT2D eigenvalue weighted by Crippen LogP contribution is 2.24. The van der Waals surface area contributed by atoms with E-state index in [1.54, 1.807) is 0 Å². The fourth-order valence-electron chi connectivity index (χ4n) is 1.66. The Morgan fingerprint density at radius 3 is 2.83 bits per heavy atom. The van der Waals surface area contributed by atoms with Crippen LogP contribution in [0.1, 0.15) is 22.1 Å². The first-order valence-corrected chi connectivity index (χ1v) is 5.16. The van der Waals surface area contributed by atoms with Gasteiger partial charge in [0.05, 0.1) is 9.35 Å². The minimum atomic E-state index is -1.59. The molecule has 1 fully saturated rings. The Bertz CT molecular complexity index is 629. The van der Waals surface area contributed by atoms with Gasteiger partial charge in [0.1, 0.15) is 20.5 Å². The Balaban J connectivity index is 2.64. The lowest BCUT2D eigenvalue weighted by Gasteiger charge is -2.09. The summed E-state index contributed by atoms with van der Waals surface area (Å²) in [5.41, 5.74) is 4.49. The highest BCUT2D eigenvalue weighted by Gasteiger charge is 2.47. The summed E-state index contributed by atoms with van der Waals surface area (Å²) in [6.45, 7) is -0.608. The van der Waals surface area contributed by atoms with Crippen LogP contribution in [0.3, 0.4) is 0 Å². The molecule has 0 bridgehead atoms. The van der Waals surface area contributed by atoms with E-state index in [1.807, 2.05) is 0 Å². The van der Waals surface area contributed by atoms with Gasteiger partial charge in [-0.2, -0.15) is 4.57 Å². The fraction of sp³-hybridized carbons (Fsp3) is 0.455. The largest absolute Gasteiger partial charge is 0.394 e. The van der Waals surface area contributed by atoms with Crippen LogP contribution in [0.4, 0.5) is 0 Å². The number of hydrogen-bond donors (Lipinski definition) is 4. The van der Waals surface area contributed by atoms with E-state index >= 15 is 0 Å². The van der Waals surface area contributed by atoms with Gasteiger partial charge in [-0.15, -0.1) is 0 Å². The van der Waals surface area contributed by atoms with Gasteiger partial charge in [0.15, 0.2) is 18.4 Å². The van der Waals surface area contributed by atoms with Crippen molar-refractivity contribution in [2.24, 2.45) is 5.73 Å². The molecule has 98 valence electrons. The summed E-state index contributed by atoms with van der Waals surface area (Å²) in [4.78, 5) is 11.4. The van der Waals surface area contributed by atoms with E-state index in [1.165, 1.54) is 0 Å². The number of aliphatic hydroxyl groups excluding tert-OH is 3. The molecule has 1 aromatic heterocycles. The van der Waals surface area contributed by atoms with E-state index in [9.17, 15) is 15.0 Å². The molecule has 2 heterocycles. The number of aromatic nitrogens is 1. The number of pyridine rings is 1. The van der Waals surface area contributed by atoms with Gasteiger partial charge in [-0.1, -0.05) is 0 Å². The average Bonchev–Trinajstić information content (AvgIpc) is 2.73. The predicted octanol–water partition coefficient (Wildman–Crippen LogP) is -2.32. The monoisotopic (exact) mass is 259 g/mol. The molecule has 1 amide bonds. The topological polar surface area (TPSA) is 117 Å². The maximum absolute atomic E-state index is 11.4. The molecular formula is C11H15N2O5+. The van der Waals surface area contributed by atoms with E-state index in [4.69, 9.17) is 21.1 Å². The Morgan fingerprint density at radius 2 is 2.28 bits per heavy atom. The molecule has 0 spiro atoms. The van der Waals surface area contributed by atoms with Crippen molar-refractivity contribution in [2.45, 2.75) is 24.5 Å². The van der Waals surface area contributed by atoms with Crippen molar-refractivity contribution in [2.75, 3.05) is 6.61 Å². The standard InChI is InChI=1S/C11H14N2O5/c12-10(17)6-2-1-3-13(4-6)11-9(16)8(15)7(5-14)18-11/h1-4,7-9,11,14-16H,5H2,(H-,12,17)/p+1/t7-,8-,9-,11-/m1/s1/i1D,2D,3D,4D. The molecular weight excluding hydrogens is 240 g/mol. The second-order valence-electron chi connectivity index (χ2n) is 3.81. The van der Waals surface area contributed by atoms with Crippen molar-refractivity contribution < 1.29 is 34.9 Å². The van der Waals surface area contributed by atoms with Crippen LogP contribution in [0.15, 0.2) is 24.4 Å². The zero-order valence-electron chi connectivity index (χ0n) is 13.2. The lowest BCUT2D eigenvalue weighted by Crippen LogP contribution is -2.46. The molecule has 0 radical (unpaired) electrons. The van der Waals surface area contributed by atoms with E-state index in [0.29, 0.717) is 4.57 Å². The third-order valence-electron chi connectivity index (χ3n) is 2.61. The number of primary amides is 1. The van der Waals surface area contributed by atoms with Crippen LogP contribution in [0.2, 0.25) is 0 Å². The van der Waals surface area contributed by atoms with Crippen LogP contribution in [0.5, 0.6) is 0 Å². The van der Waals surface area contributed by atoms with Gasteiger partial charge in [-0.3, -0.25) is 4.79 Å². The van der Waals surface area contributed by atoms with Crippen molar-refractivity contribution in [3.63, 3.8) is 0 Å². The molecule has 0 aliphatic carbocycles. The molecule has 1 aliphatic heterocycles. The van der Waals surface area contributed by atoms with Gasteiger partial charge < -0.3 is 25.8 Å². The average molecular weight is 259 g/mol. The van der Waals surface area contributed by atoms with Crippen LogP contribution >= 0.6 is 0 Å². The fourth-order valence-corrected chi connectivity index (χ4v) is 1.66. The zero-order chi connectivity index (χ0) is 16.8. The van der Waals surface area contributed by atoms with Crippen molar-refractivity contribution >= 4 is 5.91 Å². The van der Waals surface area contributed by atoms with Crippen LogP contribution in [-0.4, -0.2) is 46.1 Å². The first-order chi connectivity index (χ1) is 10.2. The Hall–Kier alpha value is -1.54. The molecule has 0 unspecified atom stereocenters. The summed E-state index contributed by atoms with van der Waals surface area (Å²) in [7, 11) is 0. The van der Waals surface area contributed by atoms with Crippen molar-refractivity contribution in [1.29, 1.82) is 0 Å². The lowest BCUT2D eigenvalue weighted by atomic mass is 10.1. The molecule has 2 rings (SSSR count). The van der Waals surface area contributed by atoms with Crippen LogP contribution in [-0.2, 0) is 4.74 Å². The molecule has 4 atom stereocenters. The van der Waals surface area contributed by atoms with Gasteiger partial charge >= 0.3 is 0 Å². The first-order valence-electron chi connectivity index (χ1n) is 7.16. The number of nitrogens with two attached hydrogens (primary N) is 1. The molecule has 0 saturated carbocycles. The van der Waals surface area contributed by atoms with E-state index in [0.717, 1.165) is 0 Å². The second kappa shape index (κ2) is 4.99. The normalized spacial score (nSPS) is 34.6.